The zero-order valence-corrected chi connectivity index (χ0v) is 29.1. The fourth-order valence-corrected chi connectivity index (χ4v) is 5.45. The summed E-state index contributed by atoms with van der Waals surface area (Å²) in [6, 6.07) is 11.8. The summed E-state index contributed by atoms with van der Waals surface area (Å²) in [6.45, 7) is 8.91. The molecule has 0 saturated carbocycles. The highest BCUT2D eigenvalue weighted by Gasteiger charge is 2.31. The summed E-state index contributed by atoms with van der Waals surface area (Å²) in [5.74, 6) is -4.33. The van der Waals surface area contributed by atoms with E-state index in [1.807, 2.05) is 38.1 Å². The van der Waals surface area contributed by atoms with Gasteiger partial charge in [-0.3, -0.25) is 24.0 Å². The summed E-state index contributed by atoms with van der Waals surface area (Å²) in [5.41, 5.74) is 7.05. The van der Waals surface area contributed by atoms with Gasteiger partial charge < -0.3 is 41.8 Å². The van der Waals surface area contributed by atoms with E-state index in [1.54, 1.807) is 57.3 Å². The van der Waals surface area contributed by atoms with Crippen molar-refractivity contribution in [1.82, 2.24) is 26.3 Å². The zero-order valence-electron chi connectivity index (χ0n) is 29.1. The highest BCUT2D eigenvalue weighted by molar-refractivity contribution is 5.94. The molecule has 3 rings (SSSR count). The molecule has 0 fully saturated rings. The number of para-hydroxylation sites is 1. The molecule has 14 heteroatoms. The maximum Gasteiger partial charge on any atom is 0.408 e. The van der Waals surface area contributed by atoms with E-state index in [4.69, 9.17) is 10.5 Å². The third-order valence-corrected chi connectivity index (χ3v) is 7.61. The number of carbonyl (C=O) groups is 6. The first kappa shape index (κ1) is 39.0. The molecule has 1 aromatic heterocycles. The van der Waals surface area contributed by atoms with Gasteiger partial charge in [-0.1, -0.05) is 62.4 Å². The number of aromatic nitrogens is 1. The molecule has 270 valence electrons. The van der Waals surface area contributed by atoms with E-state index in [1.165, 1.54) is 0 Å². The van der Waals surface area contributed by atoms with E-state index in [0.29, 0.717) is 12.0 Å². The Kier molecular flexibility index (Phi) is 13.9. The second-order valence-corrected chi connectivity index (χ2v) is 13.7. The number of H-pyrrole nitrogens is 1. The zero-order chi connectivity index (χ0) is 37.0. The van der Waals surface area contributed by atoms with Crippen LogP contribution in [0.15, 0.2) is 60.8 Å². The van der Waals surface area contributed by atoms with E-state index >= 15 is 0 Å². The second-order valence-electron chi connectivity index (χ2n) is 13.7. The van der Waals surface area contributed by atoms with E-state index in [-0.39, 0.29) is 25.2 Å². The normalized spacial score (nSPS) is 13.8. The van der Waals surface area contributed by atoms with Gasteiger partial charge >= 0.3 is 12.1 Å². The van der Waals surface area contributed by atoms with Crippen LogP contribution in [0.5, 0.6) is 0 Å². The minimum absolute atomic E-state index is 0.0198. The largest absolute Gasteiger partial charge is 0.481 e. The number of amides is 5. The van der Waals surface area contributed by atoms with Gasteiger partial charge in [0.05, 0.1) is 6.42 Å². The number of hydrogen-bond donors (Lipinski definition) is 7. The number of rotatable bonds is 17. The Morgan fingerprint density at radius 1 is 0.800 bits per heavy atom. The lowest BCUT2D eigenvalue weighted by Crippen LogP contribution is -2.55. The highest BCUT2D eigenvalue weighted by atomic mass is 16.6. The van der Waals surface area contributed by atoms with Gasteiger partial charge in [0.15, 0.2) is 0 Å². The van der Waals surface area contributed by atoms with Crippen LogP contribution in [0.25, 0.3) is 10.9 Å². The molecule has 0 aliphatic rings. The molecule has 4 atom stereocenters. The van der Waals surface area contributed by atoms with E-state index in [9.17, 15) is 33.9 Å². The predicted octanol–water partition coefficient (Wildman–Crippen LogP) is 2.70. The molecule has 2 aromatic carbocycles. The van der Waals surface area contributed by atoms with Crippen molar-refractivity contribution < 1.29 is 38.6 Å². The van der Waals surface area contributed by atoms with Crippen LogP contribution in [-0.2, 0) is 41.6 Å². The van der Waals surface area contributed by atoms with Gasteiger partial charge in [-0.15, -0.1) is 0 Å². The lowest BCUT2D eigenvalue weighted by atomic mass is 9.99. The van der Waals surface area contributed by atoms with Crippen molar-refractivity contribution in [2.45, 2.75) is 96.5 Å². The maximum absolute atomic E-state index is 13.8. The monoisotopic (exact) mass is 692 g/mol. The third-order valence-electron chi connectivity index (χ3n) is 7.61. The van der Waals surface area contributed by atoms with Crippen molar-refractivity contribution in [3.05, 3.63) is 71.9 Å². The molecule has 1 heterocycles. The quantitative estimate of drug-likeness (QED) is 0.111. The van der Waals surface area contributed by atoms with Crippen LogP contribution in [0.2, 0.25) is 0 Å². The summed E-state index contributed by atoms with van der Waals surface area (Å²) < 4.78 is 5.42. The lowest BCUT2D eigenvalue weighted by Gasteiger charge is -2.27. The fourth-order valence-electron chi connectivity index (χ4n) is 5.45. The fraction of sp³-hybridized carbons (Fsp3) is 0.444. The molecule has 0 aliphatic heterocycles. The average molecular weight is 693 g/mol. The van der Waals surface area contributed by atoms with Crippen molar-refractivity contribution in [1.29, 1.82) is 0 Å². The van der Waals surface area contributed by atoms with Gasteiger partial charge in [0.2, 0.25) is 23.6 Å². The summed E-state index contributed by atoms with van der Waals surface area (Å²) in [7, 11) is 0. The molecule has 50 heavy (non-hydrogen) atoms. The van der Waals surface area contributed by atoms with Gasteiger partial charge in [-0.05, 0) is 50.3 Å². The summed E-state index contributed by atoms with van der Waals surface area (Å²) >= 11 is 0. The van der Waals surface area contributed by atoms with Gasteiger partial charge in [0.25, 0.3) is 0 Å². The first-order chi connectivity index (χ1) is 23.5. The van der Waals surface area contributed by atoms with Crippen LogP contribution in [0.1, 0.15) is 65.0 Å². The Hall–Kier alpha value is -5.40. The molecular weight excluding hydrogens is 644 g/mol. The van der Waals surface area contributed by atoms with Crippen LogP contribution in [0.4, 0.5) is 4.79 Å². The SMILES string of the molecule is CC(C)C[C@H](CC(=O)N[C@@H](CC(=O)O)C(=O)N[C@@H](Cc1ccccc1)C(N)=O)NC(=O)[C@@H](Cc1c[nH]c2ccccc12)NC(=O)OC(C)(C)C. The summed E-state index contributed by atoms with van der Waals surface area (Å²) in [4.78, 5) is 80.0. The standard InChI is InChI=1S/C36H48N6O8/c1-21(2)15-24(18-30(43)40-29(19-31(44)45)34(48)41-27(32(37)46)16-22-11-7-6-8-12-22)39-33(47)28(42-35(49)50-36(3,4)5)17-23-20-38-26-14-10-9-13-25(23)26/h6-14,20-21,24,27-29,38H,15-19H2,1-5H3,(H2,37,46)(H,39,47)(H,40,43)(H,41,48)(H,42,49)(H,44,45)/t24-,27+,28-,29+/m1/s1. The molecule has 0 bridgehead atoms. The number of carboxylic acid groups (broad SMARTS) is 1. The molecule has 0 unspecified atom stereocenters. The second kappa shape index (κ2) is 17.8. The van der Waals surface area contributed by atoms with Crippen molar-refractivity contribution in [3.8, 4) is 0 Å². The number of nitrogens with two attached hydrogens (primary N) is 1. The highest BCUT2D eigenvalue weighted by Crippen LogP contribution is 2.20. The summed E-state index contributed by atoms with van der Waals surface area (Å²) in [6.07, 6.45) is 0.430. The number of carboxylic acids is 1. The number of fused-ring (bicyclic) bond motifs is 1. The average Bonchev–Trinajstić information content (AvgIpc) is 3.41. The van der Waals surface area contributed by atoms with Gasteiger partial charge in [0.1, 0.15) is 23.7 Å². The molecule has 0 aliphatic carbocycles. The molecule has 14 nitrogen and oxygen atoms in total. The third kappa shape index (κ3) is 12.9. The Morgan fingerprint density at radius 2 is 1.44 bits per heavy atom. The molecule has 8 N–H and O–H groups in total. The number of benzene rings is 2. The van der Waals surface area contributed by atoms with Crippen LogP contribution in [-0.4, -0.2) is 75.6 Å². The first-order valence-corrected chi connectivity index (χ1v) is 16.5. The molecule has 5 amide bonds. The van der Waals surface area contributed by atoms with Gasteiger partial charge in [0, 0.05) is 42.4 Å². The Labute approximate surface area is 291 Å². The number of aromatic amines is 1. The Balaban J connectivity index is 1.76. The number of hydrogen-bond acceptors (Lipinski definition) is 7. The van der Waals surface area contributed by atoms with Gasteiger partial charge in [-0.2, -0.15) is 0 Å². The van der Waals surface area contributed by atoms with Crippen LogP contribution in [0.3, 0.4) is 0 Å². The number of aliphatic carboxylic acids is 1. The maximum atomic E-state index is 13.8. The van der Waals surface area contributed by atoms with Gasteiger partial charge in [-0.25, -0.2) is 4.79 Å². The van der Waals surface area contributed by atoms with Crippen molar-refractivity contribution in [2.24, 2.45) is 11.7 Å². The van der Waals surface area contributed by atoms with Crippen LogP contribution in [0, 0.1) is 5.92 Å². The summed E-state index contributed by atoms with van der Waals surface area (Å²) in [5, 5.41) is 20.8. The lowest BCUT2D eigenvalue weighted by molar-refractivity contribution is -0.141. The predicted molar refractivity (Wildman–Crippen MR) is 187 cm³/mol. The molecule has 0 radical (unpaired) electrons. The Morgan fingerprint density at radius 3 is 2.06 bits per heavy atom. The molecule has 0 saturated heterocycles. The number of ether oxygens (including phenoxy) is 1. The van der Waals surface area contributed by atoms with E-state index in [2.05, 4.69) is 26.3 Å². The number of alkyl carbamates (subject to hydrolysis) is 1. The number of carbonyl (C=O) groups excluding carboxylic acids is 5. The van der Waals surface area contributed by atoms with E-state index < -0.39 is 71.9 Å². The Bertz CT molecular complexity index is 1650. The molecule has 3 aromatic rings. The molecule has 0 spiro atoms. The number of primary amides is 1. The smallest absolute Gasteiger partial charge is 0.408 e. The van der Waals surface area contributed by atoms with Crippen LogP contribution < -0.4 is 27.0 Å². The minimum Gasteiger partial charge on any atom is -0.481 e. The topological polar surface area (TPSA) is 222 Å². The van der Waals surface area contributed by atoms with Crippen molar-refractivity contribution >= 4 is 46.6 Å². The van der Waals surface area contributed by atoms with E-state index in [0.717, 1.165) is 16.5 Å². The molecular formula is C36H48N6O8. The number of nitrogens with one attached hydrogen (secondary N) is 5. The van der Waals surface area contributed by atoms with Crippen LogP contribution >= 0.6 is 0 Å². The van der Waals surface area contributed by atoms with Crippen molar-refractivity contribution in [2.75, 3.05) is 0 Å². The van der Waals surface area contributed by atoms with Crippen molar-refractivity contribution in [3.63, 3.8) is 0 Å². The minimum atomic E-state index is -1.53. The first-order valence-electron chi connectivity index (χ1n) is 16.5.